The SMILES string of the molecule is CNCc1ccc(-c2nc3c(c(NCCCN4CCCC4)n2)CSCC3)cc1. The predicted molar refractivity (Wildman–Crippen MR) is 119 cm³/mol. The molecular weight excluding hydrogens is 366 g/mol. The second kappa shape index (κ2) is 9.72. The molecule has 0 aliphatic carbocycles. The minimum absolute atomic E-state index is 0.851. The summed E-state index contributed by atoms with van der Waals surface area (Å²) in [6, 6.07) is 8.60. The molecule has 150 valence electrons. The molecule has 6 heteroatoms. The highest BCUT2D eigenvalue weighted by atomic mass is 32.2. The molecule has 4 rings (SSSR count). The van der Waals surface area contributed by atoms with Crippen LogP contribution in [-0.4, -0.2) is 53.8 Å². The summed E-state index contributed by atoms with van der Waals surface area (Å²) in [4.78, 5) is 12.4. The Morgan fingerprint density at radius 3 is 2.71 bits per heavy atom. The van der Waals surface area contributed by atoms with E-state index in [2.05, 4.69) is 39.8 Å². The van der Waals surface area contributed by atoms with E-state index >= 15 is 0 Å². The molecule has 2 aromatic rings. The second-order valence-corrected chi connectivity index (χ2v) is 8.79. The fraction of sp³-hybridized carbons (Fsp3) is 0.545. The Hall–Kier alpha value is -1.63. The Morgan fingerprint density at radius 1 is 1.11 bits per heavy atom. The summed E-state index contributed by atoms with van der Waals surface area (Å²) >= 11 is 1.99. The van der Waals surface area contributed by atoms with Gasteiger partial charge in [-0.25, -0.2) is 9.97 Å². The summed E-state index contributed by atoms with van der Waals surface area (Å²) in [5.74, 6) is 4.07. The Bertz CT molecular complexity index is 771. The van der Waals surface area contributed by atoms with Gasteiger partial charge in [0.15, 0.2) is 5.82 Å². The lowest BCUT2D eigenvalue weighted by Gasteiger charge is -2.20. The van der Waals surface area contributed by atoms with Gasteiger partial charge in [-0.2, -0.15) is 11.8 Å². The van der Waals surface area contributed by atoms with Crippen molar-refractivity contribution in [3.05, 3.63) is 41.1 Å². The summed E-state index contributed by atoms with van der Waals surface area (Å²) in [7, 11) is 1.97. The largest absolute Gasteiger partial charge is 0.370 e. The monoisotopic (exact) mass is 397 g/mol. The lowest BCUT2D eigenvalue weighted by Crippen LogP contribution is -2.23. The number of benzene rings is 1. The number of likely N-dealkylation sites (tertiary alicyclic amines) is 1. The van der Waals surface area contributed by atoms with Crippen molar-refractivity contribution in [2.24, 2.45) is 0 Å². The minimum Gasteiger partial charge on any atom is -0.370 e. The van der Waals surface area contributed by atoms with Gasteiger partial charge < -0.3 is 15.5 Å². The zero-order valence-electron chi connectivity index (χ0n) is 16.8. The summed E-state index contributed by atoms with van der Waals surface area (Å²) in [5, 5.41) is 6.83. The molecule has 2 aliphatic heterocycles. The van der Waals surface area contributed by atoms with E-state index in [1.54, 1.807) is 0 Å². The molecule has 0 unspecified atom stereocenters. The molecule has 0 amide bonds. The number of hydrogen-bond donors (Lipinski definition) is 2. The second-order valence-electron chi connectivity index (χ2n) is 7.68. The molecular formula is C22H31N5S. The number of nitrogens with one attached hydrogen (secondary N) is 2. The Morgan fingerprint density at radius 2 is 1.93 bits per heavy atom. The van der Waals surface area contributed by atoms with Crippen LogP contribution in [0.15, 0.2) is 24.3 Å². The Labute approximate surface area is 172 Å². The van der Waals surface area contributed by atoms with E-state index in [4.69, 9.17) is 9.97 Å². The van der Waals surface area contributed by atoms with Gasteiger partial charge in [0.05, 0.1) is 5.69 Å². The summed E-state index contributed by atoms with van der Waals surface area (Å²) in [6.45, 7) is 5.59. The maximum absolute atomic E-state index is 4.94. The van der Waals surface area contributed by atoms with Crippen LogP contribution in [0, 0.1) is 0 Å². The van der Waals surface area contributed by atoms with Gasteiger partial charge in [0.1, 0.15) is 5.82 Å². The first-order chi connectivity index (χ1) is 13.8. The first-order valence-corrected chi connectivity index (χ1v) is 11.7. The average molecular weight is 398 g/mol. The van der Waals surface area contributed by atoms with E-state index < -0.39 is 0 Å². The lowest BCUT2D eigenvalue weighted by atomic mass is 10.1. The maximum Gasteiger partial charge on any atom is 0.161 e. The van der Waals surface area contributed by atoms with Crippen molar-refractivity contribution < 1.29 is 0 Å². The van der Waals surface area contributed by atoms with Crippen molar-refractivity contribution in [3.8, 4) is 11.4 Å². The van der Waals surface area contributed by atoms with Gasteiger partial charge in [-0.1, -0.05) is 24.3 Å². The number of nitrogens with zero attached hydrogens (tertiary/aromatic N) is 3. The predicted octanol–water partition coefficient (Wildman–Crippen LogP) is 3.55. The van der Waals surface area contributed by atoms with E-state index in [-0.39, 0.29) is 0 Å². The van der Waals surface area contributed by atoms with Crippen LogP contribution in [0.5, 0.6) is 0 Å². The van der Waals surface area contributed by atoms with Crippen LogP contribution in [0.1, 0.15) is 36.1 Å². The number of rotatable bonds is 8. The van der Waals surface area contributed by atoms with Gasteiger partial charge in [0.2, 0.25) is 0 Å². The van der Waals surface area contributed by atoms with Crippen LogP contribution in [0.3, 0.4) is 0 Å². The van der Waals surface area contributed by atoms with E-state index in [0.717, 1.165) is 48.2 Å². The molecule has 2 aliphatic rings. The zero-order valence-corrected chi connectivity index (χ0v) is 17.7. The molecule has 1 saturated heterocycles. The number of hydrogen-bond acceptors (Lipinski definition) is 6. The summed E-state index contributed by atoms with van der Waals surface area (Å²) < 4.78 is 0. The highest BCUT2D eigenvalue weighted by molar-refractivity contribution is 7.98. The van der Waals surface area contributed by atoms with Crippen LogP contribution in [0.4, 0.5) is 5.82 Å². The van der Waals surface area contributed by atoms with E-state index in [9.17, 15) is 0 Å². The highest BCUT2D eigenvalue weighted by Crippen LogP contribution is 2.30. The summed E-state index contributed by atoms with van der Waals surface area (Å²) in [5.41, 5.74) is 4.92. The first-order valence-electron chi connectivity index (χ1n) is 10.5. The number of fused-ring (bicyclic) bond motifs is 1. The van der Waals surface area contributed by atoms with Crippen molar-refractivity contribution in [1.82, 2.24) is 20.2 Å². The molecule has 0 spiro atoms. The molecule has 5 nitrogen and oxygen atoms in total. The fourth-order valence-corrected chi connectivity index (χ4v) is 4.99. The molecule has 0 radical (unpaired) electrons. The molecule has 1 fully saturated rings. The van der Waals surface area contributed by atoms with E-state index in [1.807, 2.05) is 18.8 Å². The lowest BCUT2D eigenvalue weighted by molar-refractivity contribution is 0.337. The van der Waals surface area contributed by atoms with Gasteiger partial charge in [0, 0.05) is 30.0 Å². The fourth-order valence-electron chi connectivity index (χ4n) is 4.00. The third-order valence-corrected chi connectivity index (χ3v) is 6.54. The van der Waals surface area contributed by atoms with Crippen LogP contribution < -0.4 is 10.6 Å². The maximum atomic E-state index is 4.94. The van der Waals surface area contributed by atoms with E-state index in [1.165, 1.54) is 55.7 Å². The molecule has 0 saturated carbocycles. The van der Waals surface area contributed by atoms with Crippen molar-refractivity contribution in [3.63, 3.8) is 0 Å². The molecule has 0 atom stereocenters. The van der Waals surface area contributed by atoms with Gasteiger partial charge in [-0.3, -0.25) is 0 Å². The van der Waals surface area contributed by atoms with Crippen LogP contribution in [-0.2, 0) is 18.7 Å². The third kappa shape index (κ3) is 4.85. The van der Waals surface area contributed by atoms with Crippen LogP contribution in [0.25, 0.3) is 11.4 Å². The average Bonchev–Trinajstić information content (AvgIpc) is 3.25. The smallest absolute Gasteiger partial charge is 0.161 e. The number of anilines is 1. The van der Waals surface area contributed by atoms with Crippen molar-refractivity contribution >= 4 is 17.6 Å². The van der Waals surface area contributed by atoms with Crippen LogP contribution in [0.2, 0.25) is 0 Å². The standard InChI is InChI=1S/C22H31N5S/c1-23-15-17-5-7-18(8-6-17)21-25-20-9-14-28-16-19(20)22(26-21)24-10-4-13-27-11-2-3-12-27/h5-8,23H,2-4,9-16H2,1H3,(H,24,25,26). The Balaban J connectivity index is 1.48. The summed E-state index contributed by atoms with van der Waals surface area (Å²) in [6.07, 6.45) is 4.93. The quantitative estimate of drug-likeness (QED) is 0.665. The van der Waals surface area contributed by atoms with Gasteiger partial charge in [-0.15, -0.1) is 0 Å². The minimum atomic E-state index is 0.851. The molecule has 1 aromatic carbocycles. The highest BCUT2D eigenvalue weighted by Gasteiger charge is 2.19. The molecule has 28 heavy (non-hydrogen) atoms. The topological polar surface area (TPSA) is 53.1 Å². The van der Waals surface area contributed by atoms with Crippen molar-refractivity contribution in [2.45, 2.75) is 38.0 Å². The number of thioether (sulfide) groups is 1. The van der Waals surface area contributed by atoms with Gasteiger partial charge in [0.25, 0.3) is 0 Å². The first kappa shape index (κ1) is 19.7. The number of aryl methyl sites for hydroxylation is 1. The van der Waals surface area contributed by atoms with Gasteiger partial charge >= 0.3 is 0 Å². The Kier molecular flexibility index (Phi) is 6.83. The normalized spacial score (nSPS) is 16.9. The van der Waals surface area contributed by atoms with Gasteiger partial charge in [-0.05, 0) is 63.7 Å². The van der Waals surface area contributed by atoms with Crippen LogP contribution >= 0.6 is 11.8 Å². The third-order valence-electron chi connectivity index (χ3n) is 5.56. The van der Waals surface area contributed by atoms with Crippen molar-refractivity contribution in [2.75, 3.05) is 44.3 Å². The zero-order chi connectivity index (χ0) is 19.2. The number of aromatic nitrogens is 2. The van der Waals surface area contributed by atoms with Crippen molar-refractivity contribution in [1.29, 1.82) is 0 Å². The molecule has 0 bridgehead atoms. The molecule has 1 aromatic heterocycles. The molecule has 3 heterocycles. The van der Waals surface area contributed by atoms with E-state index in [0.29, 0.717) is 0 Å². The molecule has 2 N–H and O–H groups in total.